The number of aromatic amines is 1. The molecule has 3 heterocycles. The van der Waals surface area contributed by atoms with Gasteiger partial charge in [-0.05, 0) is 60.7 Å². The lowest BCUT2D eigenvalue weighted by atomic mass is 9.92. The summed E-state index contributed by atoms with van der Waals surface area (Å²) in [5.41, 5.74) is 4.50. The highest BCUT2D eigenvalue weighted by Crippen LogP contribution is 2.42. The first-order chi connectivity index (χ1) is 16.7. The smallest absolute Gasteiger partial charge is 0.226 e. The van der Waals surface area contributed by atoms with E-state index in [1.807, 2.05) is 30.3 Å². The topological polar surface area (TPSA) is 76.0 Å². The molecule has 4 aromatic rings. The van der Waals surface area contributed by atoms with Crippen LogP contribution in [-0.4, -0.2) is 43.7 Å². The van der Waals surface area contributed by atoms with Gasteiger partial charge in [-0.3, -0.25) is 9.48 Å². The number of nitrogens with one attached hydrogen (secondary N) is 1. The second kappa shape index (κ2) is 8.80. The Kier molecular flexibility index (Phi) is 5.49. The van der Waals surface area contributed by atoms with Crippen molar-refractivity contribution in [3.05, 3.63) is 77.0 Å². The second-order valence-electron chi connectivity index (χ2n) is 9.10. The van der Waals surface area contributed by atoms with Crippen LogP contribution >= 0.6 is 11.6 Å². The van der Waals surface area contributed by atoms with E-state index in [1.165, 1.54) is 11.9 Å². The average molecular weight is 476 g/mol. The van der Waals surface area contributed by atoms with Gasteiger partial charge in [0.15, 0.2) is 0 Å². The molecule has 1 N–H and O–H groups in total. The number of fused-ring (bicyclic) bond motifs is 3. The molecule has 1 fully saturated rings. The minimum atomic E-state index is -0.135. The second-order valence-corrected chi connectivity index (χ2v) is 9.53. The number of rotatable bonds is 7. The van der Waals surface area contributed by atoms with Gasteiger partial charge < -0.3 is 14.6 Å². The predicted molar refractivity (Wildman–Crippen MR) is 130 cm³/mol. The van der Waals surface area contributed by atoms with Gasteiger partial charge in [0.1, 0.15) is 18.4 Å². The van der Waals surface area contributed by atoms with Crippen molar-refractivity contribution in [2.75, 3.05) is 13.2 Å². The minimum Gasteiger partial charge on any atom is -0.494 e. The Labute approximate surface area is 202 Å². The Morgan fingerprint density at radius 1 is 1.18 bits per heavy atom. The van der Waals surface area contributed by atoms with E-state index in [4.69, 9.17) is 16.3 Å². The predicted octanol–water partition coefficient (Wildman–Crippen LogP) is 4.77. The van der Waals surface area contributed by atoms with Crippen LogP contribution in [-0.2, 0) is 17.8 Å². The summed E-state index contributed by atoms with van der Waals surface area (Å²) in [6.45, 7) is 2.08. The number of carbonyl (C=O) groups excluding carboxylic acids is 1. The van der Waals surface area contributed by atoms with Crippen LogP contribution in [0.4, 0.5) is 0 Å². The molecule has 0 saturated heterocycles. The van der Waals surface area contributed by atoms with Crippen molar-refractivity contribution >= 4 is 28.4 Å². The Bertz CT molecular complexity index is 1310. The highest BCUT2D eigenvalue weighted by Gasteiger charge is 2.40. The van der Waals surface area contributed by atoms with Gasteiger partial charge in [-0.15, -0.1) is 0 Å². The molecular weight excluding hydrogens is 450 g/mol. The minimum absolute atomic E-state index is 0.135. The van der Waals surface area contributed by atoms with Gasteiger partial charge in [-0.2, -0.15) is 5.10 Å². The van der Waals surface area contributed by atoms with Crippen LogP contribution in [0, 0.1) is 5.92 Å². The average Bonchev–Trinajstić information content (AvgIpc) is 3.46. The van der Waals surface area contributed by atoms with Crippen molar-refractivity contribution in [2.45, 2.75) is 38.3 Å². The Balaban J connectivity index is 1.25. The first kappa shape index (κ1) is 21.2. The molecule has 0 spiro atoms. The molecule has 6 rings (SSSR count). The van der Waals surface area contributed by atoms with Gasteiger partial charge in [0.2, 0.25) is 5.91 Å². The lowest BCUT2D eigenvalue weighted by Gasteiger charge is -2.36. The number of nitrogens with zero attached hydrogens (tertiary/aromatic N) is 4. The van der Waals surface area contributed by atoms with Gasteiger partial charge in [0.25, 0.3) is 0 Å². The van der Waals surface area contributed by atoms with E-state index in [-0.39, 0.29) is 17.9 Å². The van der Waals surface area contributed by atoms with E-state index >= 15 is 0 Å². The third-order valence-electron chi connectivity index (χ3n) is 6.76. The summed E-state index contributed by atoms with van der Waals surface area (Å²) in [5.74, 6) is 1.26. The van der Waals surface area contributed by atoms with Crippen LogP contribution in [0.3, 0.4) is 0 Å². The van der Waals surface area contributed by atoms with E-state index < -0.39 is 0 Å². The molecule has 2 aromatic heterocycles. The summed E-state index contributed by atoms with van der Waals surface area (Å²) in [5, 5.41) is 5.99. The van der Waals surface area contributed by atoms with E-state index in [0.717, 1.165) is 65.2 Å². The third kappa shape index (κ3) is 4.05. The lowest BCUT2D eigenvalue weighted by molar-refractivity contribution is -0.134. The number of benzene rings is 2. The normalized spacial score (nSPS) is 17.7. The number of carbonyl (C=O) groups is 1. The van der Waals surface area contributed by atoms with Crippen LogP contribution in [0.5, 0.6) is 5.75 Å². The molecule has 174 valence electrons. The van der Waals surface area contributed by atoms with Crippen molar-refractivity contribution in [3.8, 4) is 5.75 Å². The van der Waals surface area contributed by atoms with E-state index in [2.05, 4.69) is 32.1 Å². The van der Waals surface area contributed by atoms with Crippen molar-refractivity contribution in [3.63, 3.8) is 0 Å². The van der Waals surface area contributed by atoms with Gasteiger partial charge in [-0.25, -0.2) is 4.98 Å². The van der Waals surface area contributed by atoms with Crippen molar-refractivity contribution in [1.82, 2.24) is 24.6 Å². The zero-order valence-electron chi connectivity index (χ0n) is 18.8. The zero-order valence-corrected chi connectivity index (χ0v) is 19.5. The number of amides is 1. The Morgan fingerprint density at radius 3 is 2.79 bits per heavy atom. The fourth-order valence-corrected chi connectivity index (χ4v) is 5.09. The van der Waals surface area contributed by atoms with E-state index in [9.17, 15) is 4.79 Å². The molecular formula is C26H26ClN5O2. The van der Waals surface area contributed by atoms with Crippen LogP contribution in [0.2, 0.25) is 5.02 Å². The number of ether oxygens (including phenoxy) is 1. The van der Waals surface area contributed by atoms with Crippen molar-refractivity contribution in [2.24, 2.45) is 5.92 Å². The van der Waals surface area contributed by atoms with Crippen LogP contribution in [0.25, 0.3) is 10.9 Å². The van der Waals surface area contributed by atoms with Gasteiger partial charge in [-0.1, -0.05) is 23.7 Å². The SMILES string of the molecule is O=C(C1CC1)N1CCc2c([nH]c3ccc(Cl)cc23)C1c1ccc(OCCCn2cncn2)cc1. The maximum absolute atomic E-state index is 13.2. The summed E-state index contributed by atoms with van der Waals surface area (Å²) in [4.78, 5) is 22.8. The quantitative estimate of drug-likeness (QED) is 0.391. The van der Waals surface area contributed by atoms with Crippen molar-refractivity contribution < 1.29 is 9.53 Å². The number of H-pyrrole nitrogens is 1. The number of hydrogen-bond acceptors (Lipinski definition) is 4. The lowest BCUT2D eigenvalue weighted by Crippen LogP contribution is -2.41. The number of hydrogen-bond donors (Lipinski definition) is 1. The molecule has 1 unspecified atom stereocenters. The molecule has 1 amide bonds. The molecule has 1 saturated carbocycles. The van der Waals surface area contributed by atoms with Crippen molar-refractivity contribution in [1.29, 1.82) is 0 Å². The Hall–Kier alpha value is -3.32. The maximum Gasteiger partial charge on any atom is 0.226 e. The molecule has 0 bridgehead atoms. The monoisotopic (exact) mass is 475 g/mol. The van der Waals surface area contributed by atoms with Crippen LogP contribution in [0.15, 0.2) is 55.1 Å². The largest absolute Gasteiger partial charge is 0.494 e. The summed E-state index contributed by atoms with van der Waals surface area (Å²) in [6, 6.07) is 14.0. The molecule has 2 aromatic carbocycles. The molecule has 0 radical (unpaired) electrons. The molecule has 34 heavy (non-hydrogen) atoms. The molecule has 2 aliphatic rings. The van der Waals surface area contributed by atoms with Crippen LogP contribution in [0.1, 0.15) is 42.1 Å². The highest BCUT2D eigenvalue weighted by atomic mass is 35.5. The molecule has 1 aliphatic carbocycles. The first-order valence-electron chi connectivity index (χ1n) is 11.8. The molecule has 1 aliphatic heterocycles. The fourth-order valence-electron chi connectivity index (χ4n) is 4.92. The van der Waals surface area contributed by atoms with Gasteiger partial charge in [0.05, 0.1) is 12.6 Å². The van der Waals surface area contributed by atoms with E-state index in [0.29, 0.717) is 13.2 Å². The van der Waals surface area contributed by atoms with Gasteiger partial charge >= 0.3 is 0 Å². The highest BCUT2D eigenvalue weighted by molar-refractivity contribution is 6.31. The number of aryl methyl sites for hydroxylation is 1. The maximum atomic E-state index is 13.2. The first-order valence-corrected chi connectivity index (χ1v) is 12.2. The summed E-state index contributed by atoms with van der Waals surface area (Å²) in [7, 11) is 0. The third-order valence-corrected chi connectivity index (χ3v) is 7.00. The van der Waals surface area contributed by atoms with Gasteiger partial charge in [0, 0.05) is 47.0 Å². The fraction of sp³-hybridized carbons (Fsp3) is 0.346. The number of halogens is 1. The molecule has 8 heteroatoms. The molecule has 7 nitrogen and oxygen atoms in total. The molecule has 1 atom stereocenters. The van der Waals surface area contributed by atoms with Crippen LogP contribution < -0.4 is 4.74 Å². The van der Waals surface area contributed by atoms with E-state index in [1.54, 1.807) is 11.0 Å². The summed E-state index contributed by atoms with van der Waals surface area (Å²) < 4.78 is 7.73. The summed E-state index contributed by atoms with van der Waals surface area (Å²) >= 11 is 6.30. The summed E-state index contributed by atoms with van der Waals surface area (Å²) in [6.07, 6.45) is 6.92. The Morgan fingerprint density at radius 2 is 2.03 bits per heavy atom. The standard InChI is InChI=1S/C26H26ClN5O2/c27-19-6-9-23-22(14-19)21-10-12-32(26(33)18-2-3-18)25(24(21)30-23)17-4-7-20(8-5-17)34-13-1-11-31-16-28-15-29-31/h4-9,14-16,18,25,30H,1-3,10-13H2. The zero-order chi connectivity index (χ0) is 23.1. The number of aromatic nitrogens is 4.